The van der Waals surface area contributed by atoms with Crippen LogP contribution in [0.25, 0.3) is 11.1 Å². The van der Waals surface area contributed by atoms with Crippen molar-refractivity contribution in [1.82, 2.24) is 9.88 Å². The molecular weight excluding hydrogens is 371 g/mol. The van der Waals surface area contributed by atoms with E-state index in [0.717, 1.165) is 18.7 Å². The van der Waals surface area contributed by atoms with E-state index in [4.69, 9.17) is 16.3 Å². The van der Waals surface area contributed by atoms with Crippen LogP contribution in [0.15, 0.2) is 40.6 Å². The van der Waals surface area contributed by atoms with Crippen LogP contribution >= 0.6 is 0 Å². The van der Waals surface area contributed by atoms with Gasteiger partial charge in [0.25, 0.3) is 0 Å². The van der Waals surface area contributed by atoms with Crippen molar-refractivity contribution in [2.45, 2.75) is 26.4 Å². The largest absolute Gasteiger partial charge is 0.383 e. The van der Waals surface area contributed by atoms with Crippen molar-refractivity contribution in [1.29, 1.82) is 0 Å². The summed E-state index contributed by atoms with van der Waals surface area (Å²) in [6, 6.07) is 7.12. The van der Waals surface area contributed by atoms with Gasteiger partial charge in [-0.3, -0.25) is 9.89 Å². The van der Waals surface area contributed by atoms with Crippen molar-refractivity contribution in [2.24, 2.45) is 15.9 Å². The first-order valence-corrected chi connectivity index (χ1v) is 9.63. The Labute approximate surface area is 170 Å². The molecule has 1 saturated heterocycles. The number of aromatic nitrogens is 1. The minimum Gasteiger partial charge on any atom is -0.383 e. The molecule has 0 aliphatic carbocycles. The zero-order valence-corrected chi connectivity index (χ0v) is 16.8. The van der Waals surface area contributed by atoms with Crippen LogP contribution in [0.4, 0.5) is 10.2 Å². The first-order chi connectivity index (χ1) is 14.0. The van der Waals surface area contributed by atoms with Crippen LogP contribution in [0, 0.1) is 5.82 Å². The molecule has 0 amide bonds. The van der Waals surface area contributed by atoms with Crippen LogP contribution in [-0.2, 0) is 11.3 Å². The second-order valence-corrected chi connectivity index (χ2v) is 7.24. The molecule has 3 rings (SSSR count). The maximum absolute atomic E-state index is 14.7. The van der Waals surface area contributed by atoms with Crippen molar-refractivity contribution >= 4 is 17.7 Å². The highest BCUT2D eigenvalue weighted by Gasteiger charge is 2.15. The van der Waals surface area contributed by atoms with Crippen LogP contribution in [0.1, 0.15) is 25.0 Å². The van der Waals surface area contributed by atoms with E-state index in [2.05, 4.69) is 20.0 Å². The number of morpholine rings is 1. The van der Waals surface area contributed by atoms with Gasteiger partial charge in [0.2, 0.25) is 0 Å². The number of hydrogen-bond donors (Lipinski definition) is 2. The molecule has 0 atom stereocenters. The fraction of sp³-hybridized carbons (Fsp3) is 0.381. The zero-order chi connectivity index (χ0) is 20.8. The van der Waals surface area contributed by atoms with Gasteiger partial charge in [0, 0.05) is 54.8 Å². The van der Waals surface area contributed by atoms with E-state index in [1.54, 1.807) is 18.5 Å². The number of nitrogens with two attached hydrogens (primary N) is 2. The second-order valence-electron chi connectivity index (χ2n) is 7.24. The van der Waals surface area contributed by atoms with E-state index in [9.17, 15) is 4.39 Å². The number of pyridine rings is 1. The van der Waals surface area contributed by atoms with Gasteiger partial charge >= 0.3 is 0 Å². The average molecular weight is 398 g/mol. The summed E-state index contributed by atoms with van der Waals surface area (Å²) in [5.41, 5.74) is 9.09. The number of ether oxygens (including phenoxy) is 1. The molecule has 8 heteroatoms. The first kappa shape index (κ1) is 20.9. The van der Waals surface area contributed by atoms with E-state index in [1.807, 2.05) is 26.0 Å². The van der Waals surface area contributed by atoms with Gasteiger partial charge in [-0.05, 0) is 31.5 Å². The number of hydrazone groups is 1. The summed E-state index contributed by atoms with van der Waals surface area (Å²) in [5.74, 6) is 5.56. The zero-order valence-electron chi connectivity index (χ0n) is 16.8. The maximum Gasteiger partial charge on any atom is 0.132 e. The molecule has 0 bridgehead atoms. The third-order valence-electron chi connectivity index (χ3n) is 4.71. The summed E-state index contributed by atoms with van der Waals surface area (Å²) >= 11 is 0. The highest BCUT2D eigenvalue weighted by molar-refractivity contribution is 6.39. The minimum absolute atomic E-state index is 0.0947. The molecule has 0 spiro atoms. The average Bonchev–Trinajstić information content (AvgIpc) is 2.72. The Morgan fingerprint density at radius 2 is 2.03 bits per heavy atom. The normalized spacial score (nSPS) is 16.1. The Hall–Kier alpha value is -2.84. The lowest BCUT2D eigenvalue weighted by Gasteiger charge is -2.26. The molecule has 7 nitrogen and oxygen atoms in total. The first-order valence-electron chi connectivity index (χ1n) is 9.63. The Morgan fingerprint density at radius 1 is 1.28 bits per heavy atom. The lowest BCUT2D eigenvalue weighted by Crippen LogP contribution is -2.35. The number of benzene rings is 1. The summed E-state index contributed by atoms with van der Waals surface area (Å²) < 4.78 is 20.1. The molecule has 154 valence electrons. The van der Waals surface area contributed by atoms with Crippen molar-refractivity contribution < 1.29 is 9.13 Å². The van der Waals surface area contributed by atoms with Crippen molar-refractivity contribution in [3.8, 4) is 11.1 Å². The van der Waals surface area contributed by atoms with Gasteiger partial charge < -0.3 is 16.3 Å². The molecule has 0 unspecified atom stereocenters. The smallest absolute Gasteiger partial charge is 0.132 e. The molecule has 0 saturated carbocycles. The van der Waals surface area contributed by atoms with Crippen LogP contribution in [-0.4, -0.2) is 54.2 Å². The number of halogens is 1. The predicted octanol–water partition coefficient (Wildman–Crippen LogP) is 2.44. The number of hydrogen-bond acceptors (Lipinski definition) is 7. The van der Waals surface area contributed by atoms with Gasteiger partial charge in [-0.25, -0.2) is 9.37 Å². The highest BCUT2D eigenvalue weighted by Crippen LogP contribution is 2.25. The van der Waals surface area contributed by atoms with Gasteiger partial charge in [0.1, 0.15) is 17.3 Å². The number of nitrogen functional groups attached to an aromatic ring is 1. The third-order valence-corrected chi connectivity index (χ3v) is 4.71. The molecule has 1 aromatic carbocycles. The molecule has 0 radical (unpaired) electrons. The van der Waals surface area contributed by atoms with Crippen LogP contribution in [0.2, 0.25) is 0 Å². The van der Waals surface area contributed by atoms with Gasteiger partial charge in [-0.15, -0.1) is 0 Å². The topological polar surface area (TPSA) is 102 Å². The molecular formula is C21H27FN6O. The van der Waals surface area contributed by atoms with E-state index < -0.39 is 0 Å². The van der Waals surface area contributed by atoms with E-state index in [1.165, 1.54) is 6.07 Å². The number of anilines is 1. The highest BCUT2D eigenvalue weighted by atomic mass is 19.1. The quantitative estimate of drug-likeness (QED) is 0.442. The molecule has 1 aromatic heterocycles. The fourth-order valence-electron chi connectivity index (χ4n) is 3.09. The summed E-state index contributed by atoms with van der Waals surface area (Å²) in [4.78, 5) is 10.7. The predicted molar refractivity (Wildman–Crippen MR) is 114 cm³/mol. The van der Waals surface area contributed by atoms with E-state index in [-0.39, 0.29) is 17.7 Å². The molecule has 29 heavy (non-hydrogen) atoms. The molecule has 4 N–H and O–H groups in total. The summed E-state index contributed by atoms with van der Waals surface area (Å²) in [7, 11) is 0. The molecule has 1 fully saturated rings. The Balaban J connectivity index is 1.86. The van der Waals surface area contributed by atoms with Gasteiger partial charge in [-0.2, -0.15) is 5.10 Å². The summed E-state index contributed by atoms with van der Waals surface area (Å²) in [6.07, 6.45) is 3.19. The van der Waals surface area contributed by atoms with Gasteiger partial charge in [-0.1, -0.05) is 12.1 Å². The summed E-state index contributed by atoms with van der Waals surface area (Å²) in [5, 5.41) is 3.78. The standard InChI is InChI=1S/C21H27FN6O/c1-14(2)25-12-20(27-24)18-9-17(11-26-21(18)23)15-3-4-16(19(22)10-15)13-28-5-7-29-8-6-28/h3-4,9-12,14H,5-8,13,24H2,1-2H3,(H2,23,26). The van der Waals surface area contributed by atoms with Crippen molar-refractivity contribution in [3.05, 3.63) is 47.4 Å². The minimum atomic E-state index is -0.249. The third kappa shape index (κ3) is 5.36. The van der Waals surface area contributed by atoms with Crippen LogP contribution in [0.3, 0.4) is 0 Å². The van der Waals surface area contributed by atoms with Crippen molar-refractivity contribution in [3.63, 3.8) is 0 Å². The molecule has 1 aliphatic rings. The van der Waals surface area contributed by atoms with E-state index >= 15 is 0 Å². The molecule has 2 heterocycles. The second kappa shape index (κ2) is 9.58. The SMILES string of the molecule is CC(C)N=CC(=NN)c1cc(-c2ccc(CN3CCOCC3)c(F)c2)cnc1N. The maximum atomic E-state index is 14.7. The summed E-state index contributed by atoms with van der Waals surface area (Å²) in [6.45, 7) is 7.46. The Bertz CT molecular complexity index is 906. The van der Waals surface area contributed by atoms with Crippen LogP contribution in [0.5, 0.6) is 0 Å². The fourth-order valence-corrected chi connectivity index (χ4v) is 3.09. The Morgan fingerprint density at radius 3 is 2.69 bits per heavy atom. The Kier molecular flexibility index (Phi) is 6.90. The van der Waals surface area contributed by atoms with E-state index in [0.29, 0.717) is 42.2 Å². The number of rotatable bonds is 6. The van der Waals surface area contributed by atoms with Gasteiger partial charge in [0.15, 0.2) is 0 Å². The van der Waals surface area contributed by atoms with Crippen molar-refractivity contribution in [2.75, 3.05) is 32.0 Å². The number of aliphatic imine (C=N–C) groups is 1. The lowest BCUT2D eigenvalue weighted by atomic mass is 10.0. The number of nitrogens with zero attached hydrogens (tertiary/aromatic N) is 4. The lowest BCUT2D eigenvalue weighted by molar-refractivity contribution is 0.0337. The molecule has 1 aliphatic heterocycles. The molecule has 2 aromatic rings. The monoisotopic (exact) mass is 398 g/mol. The van der Waals surface area contributed by atoms with Crippen LogP contribution < -0.4 is 11.6 Å². The van der Waals surface area contributed by atoms with Gasteiger partial charge in [0.05, 0.1) is 13.2 Å².